The molecule has 2 aromatic carbocycles. The fourth-order valence-electron chi connectivity index (χ4n) is 2.39. The van der Waals surface area contributed by atoms with Crippen molar-refractivity contribution in [3.05, 3.63) is 71.5 Å². The van der Waals surface area contributed by atoms with Gasteiger partial charge in [-0.2, -0.15) is 0 Å². The van der Waals surface area contributed by atoms with Crippen LogP contribution in [0.4, 0.5) is 5.69 Å². The molecule has 1 atom stereocenters. The van der Waals surface area contributed by atoms with E-state index in [2.05, 4.69) is 15.5 Å². The van der Waals surface area contributed by atoms with E-state index in [0.717, 1.165) is 22.4 Å². The van der Waals surface area contributed by atoms with Crippen LogP contribution < -0.4 is 11.2 Å². The van der Waals surface area contributed by atoms with E-state index in [1.807, 2.05) is 62.4 Å². The standard InChI is InChI=1S/C18H19N5OS/c1-12-8-9-13(2)15(10-12)21-17(24)16(14-6-4-3-5-7-14)25-18-22-20-11-23(18)19/h3-11,16H,19H2,1-2H3,(H,21,24)/t16-/m0/s1. The van der Waals surface area contributed by atoms with Gasteiger partial charge in [-0.15, -0.1) is 10.2 Å². The van der Waals surface area contributed by atoms with Gasteiger partial charge in [0.2, 0.25) is 11.1 Å². The number of hydrogen-bond acceptors (Lipinski definition) is 5. The highest BCUT2D eigenvalue weighted by Gasteiger charge is 2.24. The summed E-state index contributed by atoms with van der Waals surface area (Å²) >= 11 is 1.26. The lowest BCUT2D eigenvalue weighted by Crippen LogP contribution is -2.20. The van der Waals surface area contributed by atoms with Crippen molar-refractivity contribution in [2.45, 2.75) is 24.3 Å². The molecule has 0 saturated carbocycles. The van der Waals surface area contributed by atoms with Crippen molar-refractivity contribution in [3.63, 3.8) is 0 Å². The Morgan fingerprint density at radius 3 is 2.64 bits per heavy atom. The van der Waals surface area contributed by atoms with E-state index >= 15 is 0 Å². The molecule has 6 nitrogen and oxygen atoms in total. The highest BCUT2D eigenvalue weighted by molar-refractivity contribution is 8.00. The first-order valence-electron chi connectivity index (χ1n) is 7.79. The van der Waals surface area contributed by atoms with Crippen molar-refractivity contribution in [1.82, 2.24) is 14.9 Å². The van der Waals surface area contributed by atoms with Gasteiger partial charge >= 0.3 is 0 Å². The highest BCUT2D eigenvalue weighted by atomic mass is 32.2. The van der Waals surface area contributed by atoms with Crippen LogP contribution in [0, 0.1) is 13.8 Å². The van der Waals surface area contributed by atoms with Crippen LogP contribution in [0.25, 0.3) is 0 Å². The molecule has 1 aromatic heterocycles. The zero-order valence-electron chi connectivity index (χ0n) is 14.0. The number of aryl methyl sites for hydroxylation is 2. The Balaban J connectivity index is 1.89. The molecule has 1 amide bonds. The summed E-state index contributed by atoms with van der Waals surface area (Å²) in [5.41, 5.74) is 3.78. The predicted octanol–water partition coefficient (Wildman–Crippen LogP) is 3.08. The average Bonchev–Trinajstić information content (AvgIpc) is 3.01. The van der Waals surface area contributed by atoms with Crippen LogP contribution in [0.3, 0.4) is 0 Å². The van der Waals surface area contributed by atoms with Gasteiger partial charge in [-0.3, -0.25) is 4.79 Å². The van der Waals surface area contributed by atoms with Crippen molar-refractivity contribution in [2.24, 2.45) is 0 Å². The fraction of sp³-hybridized carbons (Fsp3) is 0.167. The van der Waals surface area contributed by atoms with Gasteiger partial charge in [0.05, 0.1) is 0 Å². The largest absolute Gasteiger partial charge is 0.336 e. The van der Waals surface area contributed by atoms with Gasteiger partial charge in [0.15, 0.2) is 0 Å². The predicted molar refractivity (Wildman–Crippen MR) is 99.8 cm³/mol. The molecule has 7 heteroatoms. The van der Waals surface area contributed by atoms with E-state index < -0.39 is 5.25 Å². The van der Waals surface area contributed by atoms with Gasteiger partial charge in [-0.05, 0) is 36.6 Å². The Bertz CT molecular complexity index is 878. The van der Waals surface area contributed by atoms with E-state index in [-0.39, 0.29) is 5.91 Å². The number of aromatic nitrogens is 3. The second-order valence-electron chi connectivity index (χ2n) is 5.74. The van der Waals surface area contributed by atoms with Gasteiger partial charge in [0.1, 0.15) is 11.6 Å². The third kappa shape index (κ3) is 4.00. The zero-order valence-corrected chi connectivity index (χ0v) is 14.8. The van der Waals surface area contributed by atoms with Gasteiger partial charge in [-0.1, -0.05) is 54.2 Å². The maximum atomic E-state index is 13.0. The van der Waals surface area contributed by atoms with Crippen molar-refractivity contribution >= 4 is 23.4 Å². The zero-order chi connectivity index (χ0) is 17.8. The summed E-state index contributed by atoms with van der Waals surface area (Å²) < 4.78 is 1.31. The lowest BCUT2D eigenvalue weighted by molar-refractivity contribution is -0.115. The highest BCUT2D eigenvalue weighted by Crippen LogP contribution is 2.35. The Hall–Kier alpha value is -2.80. The maximum absolute atomic E-state index is 13.0. The van der Waals surface area contributed by atoms with E-state index in [9.17, 15) is 4.79 Å². The number of amides is 1. The molecular weight excluding hydrogens is 334 g/mol. The lowest BCUT2D eigenvalue weighted by atomic mass is 10.1. The SMILES string of the molecule is Cc1ccc(C)c(NC(=O)[C@@H](Sc2nncn2N)c2ccccc2)c1. The molecule has 3 rings (SSSR count). The summed E-state index contributed by atoms with van der Waals surface area (Å²) in [6.07, 6.45) is 1.41. The molecule has 0 unspecified atom stereocenters. The number of nitrogens with zero attached hydrogens (tertiary/aromatic N) is 3. The second-order valence-corrected chi connectivity index (χ2v) is 6.81. The molecule has 0 aliphatic heterocycles. The van der Waals surface area contributed by atoms with Crippen LogP contribution in [0.15, 0.2) is 60.0 Å². The molecule has 0 bridgehead atoms. The summed E-state index contributed by atoms with van der Waals surface area (Å²) in [7, 11) is 0. The molecule has 128 valence electrons. The van der Waals surface area contributed by atoms with Crippen LogP contribution in [0.5, 0.6) is 0 Å². The molecule has 1 heterocycles. The van der Waals surface area contributed by atoms with E-state index in [4.69, 9.17) is 5.84 Å². The molecule has 0 radical (unpaired) electrons. The number of anilines is 1. The number of benzene rings is 2. The van der Waals surface area contributed by atoms with Crippen molar-refractivity contribution in [3.8, 4) is 0 Å². The molecule has 0 saturated heterocycles. The van der Waals surface area contributed by atoms with Crippen molar-refractivity contribution in [2.75, 3.05) is 11.2 Å². The van der Waals surface area contributed by atoms with Crippen LogP contribution in [0.1, 0.15) is 21.9 Å². The number of nitrogen functional groups attached to an aromatic ring is 1. The van der Waals surface area contributed by atoms with Crippen LogP contribution >= 0.6 is 11.8 Å². The first-order valence-corrected chi connectivity index (χ1v) is 8.67. The van der Waals surface area contributed by atoms with Crippen LogP contribution in [-0.4, -0.2) is 20.8 Å². The lowest BCUT2D eigenvalue weighted by Gasteiger charge is -2.17. The number of carbonyl (C=O) groups excluding carboxylic acids is 1. The Labute approximate surface area is 150 Å². The van der Waals surface area contributed by atoms with Gasteiger partial charge in [-0.25, -0.2) is 4.68 Å². The van der Waals surface area contributed by atoms with Gasteiger partial charge < -0.3 is 11.2 Å². The Morgan fingerprint density at radius 1 is 1.20 bits per heavy atom. The molecule has 0 aliphatic carbocycles. The van der Waals surface area contributed by atoms with E-state index in [1.165, 1.54) is 22.8 Å². The van der Waals surface area contributed by atoms with Gasteiger partial charge in [0, 0.05) is 5.69 Å². The van der Waals surface area contributed by atoms with Crippen molar-refractivity contribution in [1.29, 1.82) is 0 Å². The monoisotopic (exact) mass is 353 g/mol. The number of nitrogens with one attached hydrogen (secondary N) is 1. The average molecular weight is 353 g/mol. The Morgan fingerprint density at radius 2 is 1.96 bits per heavy atom. The minimum absolute atomic E-state index is 0.132. The molecule has 0 aliphatic rings. The molecule has 25 heavy (non-hydrogen) atoms. The minimum atomic E-state index is -0.493. The second kappa shape index (κ2) is 7.40. The summed E-state index contributed by atoms with van der Waals surface area (Å²) in [6.45, 7) is 3.96. The molecule has 3 aromatic rings. The third-order valence-electron chi connectivity index (χ3n) is 3.75. The van der Waals surface area contributed by atoms with Gasteiger partial charge in [0.25, 0.3) is 0 Å². The number of rotatable bonds is 5. The summed E-state index contributed by atoms with van der Waals surface area (Å²) in [4.78, 5) is 13.0. The maximum Gasteiger partial charge on any atom is 0.242 e. The molecule has 3 N–H and O–H groups in total. The first-order chi connectivity index (χ1) is 12.0. The summed E-state index contributed by atoms with van der Waals surface area (Å²) in [6, 6.07) is 15.5. The quantitative estimate of drug-likeness (QED) is 0.544. The number of hydrogen-bond donors (Lipinski definition) is 2. The normalized spacial score (nSPS) is 11.9. The first kappa shape index (κ1) is 17.0. The third-order valence-corrected chi connectivity index (χ3v) is 4.98. The molecular formula is C18H19N5OS. The Kier molecular flexibility index (Phi) is 5.04. The summed E-state index contributed by atoms with van der Waals surface area (Å²) in [5, 5.41) is 10.8. The van der Waals surface area contributed by atoms with E-state index in [1.54, 1.807) is 0 Å². The van der Waals surface area contributed by atoms with Crippen LogP contribution in [-0.2, 0) is 4.79 Å². The summed E-state index contributed by atoms with van der Waals surface area (Å²) in [5.74, 6) is 5.67. The number of thioether (sulfide) groups is 1. The number of nitrogens with two attached hydrogens (primary N) is 1. The minimum Gasteiger partial charge on any atom is -0.336 e. The topological polar surface area (TPSA) is 85.8 Å². The van der Waals surface area contributed by atoms with Crippen LogP contribution in [0.2, 0.25) is 0 Å². The van der Waals surface area contributed by atoms with E-state index in [0.29, 0.717) is 5.16 Å². The molecule has 0 spiro atoms. The fourth-order valence-corrected chi connectivity index (χ4v) is 3.32. The number of carbonyl (C=O) groups is 1. The molecule has 0 fully saturated rings. The smallest absolute Gasteiger partial charge is 0.242 e. The van der Waals surface area contributed by atoms with Crippen molar-refractivity contribution < 1.29 is 4.79 Å².